The quantitative estimate of drug-likeness (QED) is 0.771. The molecule has 0 saturated carbocycles. The lowest BCUT2D eigenvalue weighted by Gasteiger charge is -2.13. The number of ether oxygens (including phenoxy) is 1. The van der Waals surface area contributed by atoms with E-state index in [1.165, 1.54) is 4.90 Å². The Balaban J connectivity index is 1.63. The number of rotatable bonds is 6. The number of benzene rings is 1. The summed E-state index contributed by atoms with van der Waals surface area (Å²) in [6.45, 7) is 1.56. The van der Waals surface area contributed by atoms with Gasteiger partial charge in [0.15, 0.2) is 0 Å². The Labute approximate surface area is 122 Å². The van der Waals surface area contributed by atoms with Gasteiger partial charge in [0.2, 0.25) is 5.91 Å². The van der Waals surface area contributed by atoms with Crippen LogP contribution >= 0.6 is 0 Å². The summed E-state index contributed by atoms with van der Waals surface area (Å²) >= 11 is 0. The Kier molecular flexibility index (Phi) is 5.14. The fourth-order valence-corrected chi connectivity index (χ4v) is 1.87. The van der Waals surface area contributed by atoms with Gasteiger partial charge in [0.05, 0.1) is 13.1 Å². The van der Waals surface area contributed by atoms with Crippen molar-refractivity contribution < 1.29 is 19.1 Å². The summed E-state index contributed by atoms with van der Waals surface area (Å²) in [6.07, 6.45) is -0.360. The highest BCUT2D eigenvalue weighted by Gasteiger charge is 2.21. The van der Waals surface area contributed by atoms with Crippen LogP contribution in [0.1, 0.15) is 10.4 Å². The van der Waals surface area contributed by atoms with E-state index < -0.39 is 0 Å². The summed E-state index contributed by atoms with van der Waals surface area (Å²) in [6, 6.07) is 8.67. The van der Waals surface area contributed by atoms with Crippen molar-refractivity contribution in [3.05, 3.63) is 35.9 Å². The third-order valence-corrected chi connectivity index (χ3v) is 2.99. The van der Waals surface area contributed by atoms with Crippen molar-refractivity contribution in [2.75, 3.05) is 32.8 Å². The van der Waals surface area contributed by atoms with Crippen LogP contribution in [0, 0.1) is 0 Å². The van der Waals surface area contributed by atoms with Gasteiger partial charge in [-0.2, -0.15) is 0 Å². The van der Waals surface area contributed by atoms with Gasteiger partial charge in [0.1, 0.15) is 6.61 Å². The summed E-state index contributed by atoms with van der Waals surface area (Å²) in [7, 11) is 0. The first-order valence-corrected chi connectivity index (χ1v) is 6.68. The Bertz CT molecular complexity index is 518. The highest BCUT2D eigenvalue weighted by molar-refractivity contribution is 5.96. The van der Waals surface area contributed by atoms with E-state index in [2.05, 4.69) is 10.6 Å². The molecule has 1 aromatic carbocycles. The van der Waals surface area contributed by atoms with Gasteiger partial charge < -0.3 is 20.3 Å². The first-order chi connectivity index (χ1) is 10.2. The molecule has 2 rings (SSSR count). The minimum atomic E-state index is -0.360. The fraction of sp³-hybridized carbons (Fsp3) is 0.357. The van der Waals surface area contributed by atoms with Crippen molar-refractivity contribution in [3.8, 4) is 0 Å². The van der Waals surface area contributed by atoms with Gasteiger partial charge in [-0.25, -0.2) is 4.79 Å². The van der Waals surface area contributed by atoms with Crippen LogP contribution in [-0.4, -0.2) is 55.6 Å². The van der Waals surface area contributed by atoms with Crippen LogP contribution in [0.5, 0.6) is 0 Å². The number of amides is 3. The van der Waals surface area contributed by atoms with Crippen molar-refractivity contribution in [3.63, 3.8) is 0 Å². The molecule has 3 amide bonds. The van der Waals surface area contributed by atoms with Crippen molar-refractivity contribution in [2.45, 2.75) is 0 Å². The van der Waals surface area contributed by atoms with E-state index in [0.29, 0.717) is 31.8 Å². The lowest BCUT2D eigenvalue weighted by molar-refractivity contribution is -0.120. The molecule has 1 aromatic rings. The van der Waals surface area contributed by atoms with E-state index >= 15 is 0 Å². The standard InChI is InChI=1S/C14H17N3O4/c18-12(15-6-7-17-8-9-21-14(17)20)10-16-13(19)11-4-2-1-3-5-11/h1-5H,6-10H2,(H,15,18)(H,16,19). The first-order valence-electron chi connectivity index (χ1n) is 6.68. The molecule has 0 radical (unpaired) electrons. The second-order valence-corrected chi connectivity index (χ2v) is 4.50. The second-order valence-electron chi connectivity index (χ2n) is 4.50. The molecule has 7 heteroatoms. The molecule has 0 spiro atoms. The van der Waals surface area contributed by atoms with E-state index in [-0.39, 0.29) is 24.5 Å². The second kappa shape index (κ2) is 7.28. The molecule has 0 bridgehead atoms. The molecule has 7 nitrogen and oxygen atoms in total. The maximum atomic E-state index is 11.7. The average molecular weight is 291 g/mol. The Hall–Kier alpha value is -2.57. The summed E-state index contributed by atoms with van der Waals surface area (Å²) in [5.41, 5.74) is 0.505. The van der Waals surface area contributed by atoms with Crippen molar-refractivity contribution >= 4 is 17.9 Å². The van der Waals surface area contributed by atoms with Gasteiger partial charge in [0, 0.05) is 18.7 Å². The zero-order valence-electron chi connectivity index (χ0n) is 11.5. The van der Waals surface area contributed by atoms with Gasteiger partial charge in [0.25, 0.3) is 5.91 Å². The maximum Gasteiger partial charge on any atom is 0.409 e. The molecular formula is C14H17N3O4. The highest BCUT2D eigenvalue weighted by atomic mass is 16.6. The van der Waals surface area contributed by atoms with Crippen LogP contribution in [0.15, 0.2) is 30.3 Å². The lowest BCUT2D eigenvalue weighted by Crippen LogP contribution is -2.40. The number of carbonyl (C=O) groups is 3. The number of nitrogens with one attached hydrogen (secondary N) is 2. The average Bonchev–Trinajstić information content (AvgIpc) is 2.91. The van der Waals surface area contributed by atoms with Crippen molar-refractivity contribution in [2.24, 2.45) is 0 Å². The monoisotopic (exact) mass is 291 g/mol. The van der Waals surface area contributed by atoms with Gasteiger partial charge in [-0.05, 0) is 12.1 Å². The highest BCUT2D eigenvalue weighted by Crippen LogP contribution is 2.01. The molecule has 2 N–H and O–H groups in total. The van der Waals surface area contributed by atoms with E-state index in [9.17, 15) is 14.4 Å². The molecular weight excluding hydrogens is 274 g/mol. The maximum absolute atomic E-state index is 11.7. The zero-order chi connectivity index (χ0) is 15.1. The number of nitrogens with zero attached hydrogens (tertiary/aromatic N) is 1. The van der Waals surface area contributed by atoms with Crippen LogP contribution in [0.4, 0.5) is 4.79 Å². The summed E-state index contributed by atoms with van der Waals surface area (Å²) in [5.74, 6) is -0.597. The van der Waals surface area contributed by atoms with Gasteiger partial charge in [-0.3, -0.25) is 9.59 Å². The Morgan fingerprint density at radius 2 is 1.95 bits per heavy atom. The third kappa shape index (κ3) is 4.48. The number of hydrogen-bond acceptors (Lipinski definition) is 4. The normalized spacial score (nSPS) is 13.7. The van der Waals surface area contributed by atoms with Crippen molar-refractivity contribution in [1.29, 1.82) is 0 Å². The number of hydrogen-bond donors (Lipinski definition) is 2. The van der Waals surface area contributed by atoms with E-state index in [4.69, 9.17) is 4.74 Å². The Morgan fingerprint density at radius 1 is 1.19 bits per heavy atom. The van der Waals surface area contributed by atoms with Gasteiger partial charge >= 0.3 is 6.09 Å². The molecule has 21 heavy (non-hydrogen) atoms. The van der Waals surface area contributed by atoms with Crippen LogP contribution in [0.25, 0.3) is 0 Å². The van der Waals surface area contributed by atoms with Crippen LogP contribution in [0.3, 0.4) is 0 Å². The molecule has 1 aliphatic heterocycles. The molecule has 0 atom stereocenters. The summed E-state index contributed by atoms with van der Waals surface area (Å²) in [4.78, 5) is 36.0. The van der Waals surface area contributed by atoms with Crippen LogP contribution in [0.2, 0.25) is 0 Å². The van der Waals surface area contributed by atoms with Crippen molar-refractivity contribution in [1.82, 2.24) is 15.5 Å². The van der Waals surface area contributed by atoms with E-state index in [0.717, 1.165) is 0 Å². The number of cyclic esters (lactones) is 1. The predicted octanol–water partition coefficient (Wildman–Crippen LogP) is -0.0152. The summed E-state index contributed by atoms with van der Waals surface area (Å²) in [5, 5.41) is 5.16. The topological polar surface area (TPSA) is 87.7 Å². The smallest absolute Gasteiger partial charge is 0.409 e. The molecule has 1 fully saturated rings. The minimum Gasteiger partial charge on any atom is -0.448 e. The number of carbonyl (C=O) groups excluding carboxylic acids is 3. The zero-order valence-corrected chi connectivity index (χ0v) is 11.5. The molecule has 112 valence electrons. The fourth-order valence-electron chi connectivity index (χ4n) is 1.87. The largest absolute Gasteiger partial charge is 0.448 e. The summed E-state index contributed by atoms with van der Waals surface area (Å²) < 4.78 is 4.77. The van der Waals surface area contributed by atoms with E-state index in [1.807, 2.05) is 6.07 Å². The molecule has 1 heterocycles. The molecule has 1 saturated heterocycles. The van der Waals surface area contributed by atoms with Gasteiger partial charge in [-0.1, -0.05) is 18.2 Å². The van der Waals surface area contributed by atoms with Crippen LogP contribution < -0.4 is 10.6 Å². The third-order valence-electron chi connectivity index (χ3n) is 2.99. The van der Waals surface area contributed by atoms with E-state index in [1.54, 1.807) is 24.3 Å². The molecule has 0 aliphatic carbocycles. The molecule has 0 aromatic heterocycles. The Morgan fingerprint density at radius 3 is 2.62 bits per heavy atom. The predicted molar refractivity (Wildman–Crippen MR) is 74.7 cm³/mol. The van der Waals surface area contributed by atoms with Crippen LogP contribution in [-0.2, 0) is 9.53 Å². The SMILES string of the molecule is O=C(CNC(=O)c1ccccc1)NCCN1CCOC1=O. The van der Waals surface area contributed by atoms with Gasteiger partial charge in [-0.15, -0.1) is 0 Å². The molecule has 1 aliphatic rings. The molecule has 0 unspecified atom stereocenters. The minimum absolute atomic E-state index is 0.0990. The lowest BCUT2D eigenvalue weighted by atomic mass is 10.2. The first kappa shape index (κ1) is 14.8.